The summed E-state index contributed by atoms with van der Waals surface area (Å²) >= 11 is 0. The number of alkyl carbamates (subject to hydrolysis) is 1. The summed E-state index contributed by atoms with van der Waals surface area (Å²) in [7, 11) is 1.22. The molecule has 10 nitrogen and oxygen atoms in total. The molecule has 0 heterocycles. The average molecular weight is 532 g/mol. The summed E-state index contributed by atoms with van der Waals surface area (Å²) in [5.74, 6) is -1.48. The third-order valence-electron chi connectivity index (χ3n) is 5.19. The van der Waals surface area contributed by atoms with Crippen LogP contribution in [0.2, 0.25) is 0 Å². The van der Waals surface area contributed by atoms with E-state index in [1.54, 1.807) is 65.0 Å². The van der Waals surface area contributed by atoms with Gasteiger partial charge in [0.05, 0.1) is 7.11 Å². The number of nitrogens with one attached hydrogen (secondary N) is 3. The standard InChI is InChI=1S/C28H41N3O7/c1-9-11-21(26(34)36-8)29-25(33)23(18(3)4)31-24(32)22(30-27(35)38-28(5,6)7)17-19-12-14-20(15-13-19)37-16-10-2/h9-10,12-15,18,21-23H,1-2,11,16-17H2,3-8H3,(H,29,33)(H,30,35)(H,31,32)/t21-,22-,23-/m0/s1. The number of carbonyl (C=O) groups is 4. The third-order valence-corrected chi connectivity index (χ3v) is 5.19. The van der Waals surface area contributed by atoms with E-state index >= 15 is 0 Å². The molecule has 210 valence electrons. The van der Waals surface area contributed by atoms with Crippen molar-refractivity contribution in [3.05, 3.63) is 55.1 Å². The molecule has 0 bridgehead atoms. The molecule has 0 radical (unpaired) electrons. The number of methoxy groups -OCH3 is 1. The lowest BCUT2D eigenvalue weighted by molar-refractivity contribution is -0.145. The van der Waals surface area contributed by atoms with Gasteiger partial charge >= 0.3 is 12.1 Å². The highest BCUT2D eigenvalue weighted by Crippen LogP contribution is 2.15. The molecule has 0 fully saturated rings. The molecule has 10 heteroatoms. The van der Waals surface area contributed by atoms with Crippen LogP contribution in [0.1, 0.15) is 46.6 Å². The summed E-state index contributed by atoms with van der Waals surface area (Å²) in [5.41, 5.74) is -0.0293. The van der Waals surface area contributed by atoms with E-state index in [0.29, 0.717) is 12.4 Å². The number of benzene rings is 1. The predicted octanol–water partition coefficient (Wildman–Crippen LogP) is 3.06. The van der Waals surface area contributed by atoms with Gasteiger partial charge in [0.2, 0.25) is 11.8 Å². The second kappa shape index (κ2) is 15.4. The van der Waals surface area contributed by atoms with Crippen LogP contribution >= 0.6 is 0 Å². The topological polar surface area (TPSA) is 132 Å². The van der Waals surface area contributed by atoms with Crippen molar-refractivity contribution < 1.29 is 33.4 Å². The van der Waals surface area contributed by atoms with Crippen LogP contribution in [0.15, 0.2) is 49.6 Å². The smallest absolute Gasteiger partial charge is 0.408 e. The Hall–Kier alpha value is -3.82. The van der Waals surface area contributed by atoms with Gasteiger partial charge in [-0.15, -0.1) is 6.58 Å². The molecule has 3 N–H and O–H groups in total. The average Bonchev–Trinajstić information content (AvgIpc) is 2.84. The van der Waals surface area contributed by atoms with Gasteiger partial charge in [-0.2, -0.15) is 0 Å². The van der Waals surface area contributed by atoms with E-state index in [1.165, 1.54) is 13.2 Å². The van der Waals surface area contributed by atoms with Crippen molar-refractivity contribution >= 4 is 23.9 Å². The summed E-state index contributed by atoms with van der Waals surface area (Å²) < 4.78 is 15.6. The first-order valence-corrected chi connectivity index (χ1v) is 12.4. The Kier molecular flexibility index (Phi) is 13.1. The lowest BCUT2D eigenvalue weighted by Gasteiger charge is -2.27. The number of amides is 3. The summed E-state index contributed by atoms with van der Waals surface area (Å²) in [4.78, 5) is 51.0. The zero-order chi connectivity index (χ0) is 28.9. The van der Waals surface area contributed by atoms with Crippen LogP contribution in [0, 0.1) is 5.92 Å². The van der Waals surface area contributed by atoms with E-state index in [-0.39, 0.29) is 18.8 Å². The van der Waals surface area contributed by atoms with Crippen molar-refractivity contribution in [1.82, 2.24) is 16.0 Å². The highest BCUT2D eigenvalue weighted by atomic mass is 16.6. The number of ether oxygens (including phenoxy) is 3. The minimum Gasteiger partial charge on any atom is -0.490 e. The minimum atomic E-state index is -1.05. The first kappa shape index (κ1) is 32.2. The van der Waals surface area contributed by atoms with E-state index in [1.807, 2.05) is 0 Å². The number of esters is 1. The number of rotatable bonds is 14. The Balaban J connectivity index is 3.12. The van der Waals surface area contributed by atoms with E-state index in [0.717, 1.165) is 5.56 Å². The first-order chi connectivity index (χ1) is 17.8. The highest BCUT2D eigenvalue weighted by Gasteiger charge is 2.32. The van der Waals surface area contributed by atoms with Gasteiger partial charge in [-0.3, -0.25) is 9.59 Å². The van der Waals surface area contributed by atoms with Crippen LogP contribution in [0.3, 0.4) is 0 Å². The number of hydrogen-bond donors (Lipinski definition) is 3. The fourth-order valence-electron chi connectivity index (χ4n) is 3.35. The lowest BCUT2D eigenvalue weighted by atomic mass is 10.0. The summed E-state index contributed by atoms with van der Waals surface area (Å²) in [6, 6.07) is 4.06. The first-order valence-electron chi connectivity index (χ1n) is 12.4. The molecule has 0 saturated heterocycles. The van der Waals surface area contributed by atoms with Crippen LogP contribution < -0.4 is 20.7 Å². The van der Waals surface area contributed by atoms with Gasteiger partial charge in [0.25, 0.3) is 0 Å². The SMILES string of the molecule is C=CCOc1ccc(C[C@H](NC(=O)OC(C)(C)C)C(=O)N[C@H](C(=O)N[C@@H](CC=C)C(=O)OC)C(C)C)cc1. The molecule has 3 amide bonds. The van der Waals surface area contributed by atoms with Crippen LogP contribution in [0.4, 0.5) is 4.79 Å². The molecule has 0 unspecified atom stereocenters. The van der Waals surface area contributed by atoms with E-state index in [4.69, 9.17) is 14.2 Å². The van der Waals surface area contributed by atoms with Crippen LogP contribution in [-0.2, 0) is 30.3 Å². The van der Waals surface area contributed by atoms with Crippen molar-refractivity contribution in [2.45, 2.75) is 71.2 Å². The van der Waals surface area contributed by atoms with Gasteiger partial charge in [0.15, 0.2) is 0 Å². The lowest BCUT2D eigenvalue weighted by Crippen LogP contribution is -2.58. The van der Waals surface area contributed by atoms with Crippen molar-refractivity contribution in [3.63, 3.8) is 0 Å². The maximum Gasteiger partial charge on any atom is 0.408 e. The van der Waals surface area contributed by atoms with Crippen molar-refractivity contribution in [2.75, 3.05) is 13.7 Å². The Morgan fingerprint density at radius 2 is 1.55 bits per heavy atom. The molecule has 0 aliphatic carbocycles. The monoisotopic (exact) mass is 531 g/mol. The van der Waals surface area contributed by atoms with Crippen molar-refractivity contribution in [1.29, 1.82) is 0 Å². The summed E-state index contributed by atoms with van der Waals surface area (Å²) in [6.45, 7) is 16.2. The molecule has 0 spiro atoms. The maximum absolute atomic E-state index is 13.4. The van der Waals surface area contributed by atoms with Crippen LogP contribution in [0.5, 0.6) is 5.75 Å². The Morgan fingerprint density at radius 1 is 0.921 bits per heavy atom. The molecule has 3 atom stereocenters. The van der Waals surface area contributed by atoms with Gasteiger partial charge in [-0.1, -0.05) is 44.7 Å². The second-order valence-corrected chi connectivity index (χ2v) is 9.99. The zero-order valence-corrected chi connectivity index (χ0v) is 23.2. The second-order valence-electron chi connectivity index (χ2n) is 9.99. The Morgan fingerprint density at radius 3 is 2.05 bits per heavy atom. The third kappa shape index (κ3) is 11.5. The van der Waals surface area contributed by atoms with Gasteiger partial charge < -0.3 is 30.2 Å². The minimum absolute atomic E-state index is 0.125. The van der Waals surface area contributed by atoms with E-state index in [2.05, 4.69) is 29.1 Å². The van der Waals surface area contributed by atoms with Gasteiger partial charge in [0, 0.05) is 6.42 Å². The molecule has 1 aromatic rings. The normalized spacial score (nSPS) is 13.3. The molecule has 0 aliphatic rings. The predicted molar refractivity (Wildman–Crippen MR) is 145 cm³/mol. The number of carbonyl (C=O) groups excluding carboxylic acids is 4. The van der Waals surface area contributed by atoms with Gasteiger partial charge in [-0.05, 0) is 50.8 Å². The summed E-state index contributed by atoms with van der Waals surface area (Å²) in [5, 5.41) is 7.93. The molecular weight excluding hydrogens is 490 g/mol. The van der Waals surface area contributed by atoms with Crippen molar-refractivity contribution in [3.8, 4) is 5.75 Å². The molecule has 38 heavy (non-hydrogen) atoms. The molecule has 1 aromatic carbocycles. The molecule has 0 aliphatic heterocycles. The summed E-state index contributed by atoms with van der Waals surface area (Å²) in [6.07, 6.45) is 2.63. The Bertz CT molecular complexity index is 968. The van der Waals surface area contributed by atoms with Crippen LogP contribution in [0.25, 0.3) is 0 Å². The Labute approximate surface area is 225 Å². The molecule has 1 rings (SSSR count). The van der Waals surface area contributed by atoms with Gasteiger partial charge in [-0.25, -0.2) is 9.59 Å². The fraction of sp³-hybridized carbons (Fsp3) is 0.500. The zero-order valence-electron chi connectivity index (χ0n) is 23.2. The maximum atomic E-state index is 13.4. The van der Waals surface area contributed by atoms with Crippen molar-refractivity contribution in [2.24, 2.45) is 5.92 Å². The fourth-order valence-corrected chi connectivity index (χ4v) is 3.35. The quantitative estimate of drug-likeness (QED) is 0.248. The van der Waals surface area contributed by atoms with Gasteiger partial charge in [0.1, 0.15) is 36.1 Å². The number of hydrogen-bond acceptors (Lipinski definition) is 7. The van der Waals surface area contributed by atoms with Crippen LogP contribution in [-0.4, -0.2) is 61.3 Å². The molecular formula is C28H41N3O7. The molecule has 0 aromatic heterocycles. The molecule has 0 saturated carbocycles. The van der Waals surface area contributed by atoms with E-state index in [9.17, 15) is 19.2 Å². The van der Waals surface area contributed by atoms with E-state index < -0.39 is 47.6 Å². The largest absolute Gasteiger partial charge is 0.490 e. The highest BCUT2D eigenvalue weighted by molar-refractivity contribution is 5.93.